The van der Waals surface area contributed by atoms with Crippen LogP contribution in [0.2, 0.25) is 0 Å². The van der Waals surface area contributed by atoms with Crippen molar-refractivity contribution < 1.29 is 9.53 Å². The molecule has 0 bridgehead atoms. The lowest BCUT2D eigenvalue weighted by molar-refractivity contribution is 0.328. The van der Waals surface area contributed by atoms with Crippen molar-refractivity contribution in [3.05, 3.63) is 29.8 Å². The molecule has 0 spiro atoms. The minimum atomic E-state index is 0.488. The molecule has 0 atom stereocenters. The van der Waals surface area contributed by atoms with Gasteiger partial charge in [0.05, 0.1) is 0 Å². The van der Waals surface area contributed by atoms with Crippen molar-refractivity contribution in [2.75, 3.05) is 13.2 Å². The molecule has 0 unspecified atom stereocenters. The Morgan fingerprint density at radius 3 is 2.50 bits per heavy atom. The molecule has 63 valence electrons. The fraction of sp³-hybridized carbons (Fsp3) is 0.222. The van der Waals surface area contributed by atoms with Gasteiger partial charge in [-0.25, -0.2) is 0 Å². The number of carbonyl (C=O) groups excluding carboxylic acids is 1. The average molecular weight is 164 g/mol. The van der Waals surface area contributed by atoms with Crippen molar-refractivity contribution >= 4 is 6.29 Å². The van der Waals surface area contributed by atoms with Gasteiger partial charge in [-0.15, -0.1) is 0 Å². The third-order valence-electron chi connectivity index (χ3n) is 1.36. The molecule has 3 nitrogen and oxygen atoms in total. The molecular weight excluding hydrogens is 154 g/mol. The van der Waals surface area contributed by atoms with E-state index in [1.54, 1.807) is 30.6 Å². The van der Waals surface area contributed by atoms with Crippen LogP contribution >= 0.6 is 0 Å². The van der Waals surface area contributed by atoms with E-state index in [1.165, 1.54) is 0 Å². The highest BCUT2D eigenvalue weighted by Gasteiger charge is 1.93. The Morgan fingerprint density at radius 2 is 2.00 bits per heavy atom. The number of hydrogen-bond donors (Lipinski definition) is 1. The summed E-state index contributed by atoms with van der Waals surface area (Å²) in [5.74, 6) is 0.722. The van der Waals surface area contributed by atoms with Gasteiger partial charge in [-0.3, -0.25) is 4.79 Å². The van der Waals surface area contributed by atoms with Gasteiger partial charge in [-0.1, -0.05) is 0 Å². The number of nitrogens with two attached hydrogens (primary N) is 1. The SMILES string of the molecule is NCCOc1ccc([C]=O)cc1. The van der Waals surface area contributed by atoms with E-state index in [4.69, 9.17) is 10.5 Å². The summed E-state index contributed by atoms with van der Waals surface area (Å²) in [5.41, 5.74) is 5.77. The smallest absolute Gasteiger partial charge is 0.233 e. The highest BCUT2D eigenvalue weighted by Crippen LogP contribution is 2.10. The maximum absolute atomic E-state index is 10.1. The maximum Gasteiger partial charge on any atom is 0.233 e. The molecule has 0 saturated heterocycles. The zero-order valence-corrected chi connectivity index (χ0v) is 6.62. The lowest BCUT2D eigenvalue weighted by atomic mass is 10.2. The molecule has 0 aliphatic heterocycles. The second-order valence-electron chi connectivity index (χ2n) is 2.26. The molecule has 1 aromatic carbocycles. The lowest BCUT2D eigenvalue weighted by Gasteiger charge is -2.02. The lowest BCUT2D eigenvalue weighted by Crippen LogP contribution is -2.10. The molecule has 2 N–H and O–H groups in total. The third kappa shape index (κ3) is 2.36. The van der Waals surface area contributed by atoms with Crippen LogP contribution in [-0.4, -0.2) is 19.4 Å². The van der Waals surface area contributed by atoms with Crippen LogP contribution in [0.3, 0.4) is 0 Å². The summed E-state index contributed by atoms with van der Waals surface area (Å²) in [7, 11) is 0. The molecule has 3 heteroatoms. The molecule has 1 radical (unpaired) electrons. The molecule has 1 aromatic rings. The van der Waals surface area contributed by atoms with Crippen molar-refractivity contribution in [1.29, 1.82) is 0 Å². The van der Waals surface area contributed by atoms with E-state index in [9.17, 15) is 4.79 Å². The molecular formula is C9H10NO2. The molecule has 0 heterocycles. The van der Waals surface area contributed by atoms with Crippen molar-refractivity contribution in [2.45, 2.75) is 0 Å². The summed E-state index contributed by atoms with van der Waals surface area (Å²) in [6.07, 6.45) is 1.78. The van der Waals surface area contributed by atoms with Crippen LogP contribution in [-0.2, 0) is 4.79 Å². The Balaban J connectivity index is 2.58. The second-order valence-corrected chi connectivity index (χ2v) is 2.26. The maximum atomic E-state index is 10.1. The molecule has 0 saturated carbocycles. The molecule has 0 aliphatic carbocycles. The van der Waals surface area contributed by atoms with Gasteiger partial charge in [-0.2, -0.15) is 0 Å². The summed E-state index contributed by atoms with van der Waals surface area (Å²) in [6, 6.07) is 6.74. The van der Waals surface area contributed by atoms with Crippen LogP contribution < -0.4 is 10.5 Å². The zero-order valence-electron chi connectivity index (χ0n) is 6.62. The molecule has 0 amide bonds. The van der Waals surface area contributed by atoms with E-state index in [1.807, 2.05) is 0 Å². The fourth-order valence-electron chi connectivity index (χ4n) is 0.796. The van der Waals surface area contributed by atoms with E-state index < -0.39 is 0 Å². The number of benzene rings is 1. The van der Waals surface area contributed by atoms with E-state index in [-0.39, 0.29) is 0 Å². The first-order valence-electron chi connectivity index (χ1n) is 3.68. The van der Waals surface area contributed by atoms with Crippen LogP contribution in [0, 0.1) is 0 Å². The quantitative estimate of drug-likeness (QED) is 0.704. The average Bonchev–Trinajstić information content (AvgIpc) is 2.15. The van der Waals surface area contributed by atoms with Crippen molar-refractivity contribution in [2.24, 2.45) is 5.73 Å². The highest BCUT2D eigenvalue weighted by molar-refractivity contribution is 5.75. The van der Waals surface area contributed by atoms with Crippen molar-refractivity contribution in [1.82, 2.24) is 0 Å². The minimum absolute atomic E-state index is 0.488. The van der Waals surface area contributed by atoms with Crippen LogP contribution in [0.5, 0.6) is 5.75 Å². The minimum Gasteiger partial charge on any atom is -0.492 e. The molecule has 0 aromatic heterocycles. The van der Waals surface area contributed by atoms with Gasteiger partial charge in [-0.05, 0) is 24.3 Å². The van der Waals surface area contributed by atoms with E-state index in [2.05, 4.69) is 0 Å². The summed E-state index contributed by atoms with van der Waals surface area (Å²) in [6.45, 7) is 0.978. The monoisotopic (exact) mass is 164 g/mol. The Bertz CT molecular complexity index is 243. The summed E-state index contributed by atoms with van der Waals surface area (Å²) in [5, 5.41) is 0. The second kappa shape index (κ2) is 4.51. The highest BCUT2D eigenvalue weighted by atomic mass is 16.5. The van der Waals surface area contributed by atoms with Crippen LogP contribution in [0.1, 0.15) is 5.56 Å². The fourth-order valence-corrected chi connectivity index (χ4v) is 0.796. The third-order valence-corrected chi connectivity index (χ3v) is 1.36. The van der Waals surface area contributed by atoms with E-state index in [0.717, 1.165) is 5.75 Å². The predicted molar refractivity (Wildman–Crippen MR) is 45.8 cm³/mol. The van der Waals surface area contributed by atoms with Gasteiger partial charge in [0.1, 0.15) is 12.4 Å². The summed E-state index contributed by atoms with van der Waals surface area (Å²) < 4.78 is 5.20. The van der Waals surface area contributed by atoms with E-state index >= 15 is 0 Å². The Hall–Kier alpha value is -1.35. The molecule has 0 aliphatic rings. The first-order chi connectivity index (χ1) is 5.86. The van der Waals surface area contributed by atoms with Crippen LogP contribution in [0.25, 0.3) is 0 Å². The normalized spacial score (nSPS) is 9.42. The largest absolute Gasteiger partial charge is 0.492 e. The van der Waals surface area contributed by atoms with Gasteiger partial charge in [0.15, 0.2) is 0 Å². The van der Waals surface area contributed by atoms with Gasteiger partial charge in [0.25, 0.3) is 0 Å². The van der Waals surface area contributed by atoms with Gasteiger partial charge >= 0.3 is 0 Å². The van der Waals surface area contributed by atoms with Gasteiger partial charge < -0.3 is 10.5 Å². The number of ether oxygens (including phenoxy) is 1. The molecule has 12 heavy (non-hydrogen) atoms. The Morgan fingerprint density at radius 1 is 1.33 bits per heavy atom. The van der Waals surface area contributed by atoms with Crippen molar-refractivity contribution in [3.63, 3.8) is 0 Å². The zero-order chi connectivity index (χ0) is 8.81. The first kappa shape index (κ1) is 8.74. The molecule has 1 rings (SSSR count). The molecule has 0 fully saturated rings. The van der Waals surface area contributed by atoms with Crippen LogP contribution in [0.4, 0.5) is 0 Å². The van der Waals surface area contributed by atoms with Gasteiger partial charge in [0, 0.05) is 12.1 Å². The Labute approximate surface area is 71.1 Å². The van der Waals surface area contributed by atoms with Crippen LogP contribution in [0.15, 0.2) is 24.3 Å². The van der Waals surface area contributed by atoms with Crippen molar-refractivity contribution in [3.8, 4) is 5.75 Å². The first-order valence-corrected chi connectivity index (χ1v) is 3.68. The number of rotatable bonds is 4. The Kier molecular flexibility index (Phi) is 3.29. The number of hydrogen-bond acceptors (Lipinski definition) is 3. The van der Waals surface area contributed by atoms with E-state index in [0.29, 0.717) is 18.7 Å². The summed E-state index contributed by atoms with van der Waals surface area (Å²) in [4.78, 5) is 10.1. The van der Waals surface area contributed by atoms with Gasteiger partial charge in [0.2, 0.25) is 6.29 Å². The predicted octanol–water partition coefficient (Wildman–Crippen LogP) is 0.482. The topological polar surface area (TPSA) is 52.3 Å². The standard InChI is InChI=1S/C9H10NO2/c10-5-6-12-9-3-1-8(7-11)2-4-9/h1-4H,5-6,10H2. The summed E-state index contributed by atoms with van der Waals surface area (Å²) >= 11 is 0.